The first-order valence-electron chi connectivity index (χ1n) is 6.48. The lowest BCUT2D eigenvalue weighted by Gasteiger charge is -2.16. The molecule has 1 unspecified atom stereocenters. The molecule has 0 amide bonds. The highest BCUT2D eigenvalue weighted by Crippen LogP contribution is 2.26. The van der Waals surface area contributed by atoms with Crippen molar-refractivity contribution in [3.63, 3.8) is 0 Å². The van der Waals surface area contributed by atoms with E-state index in [0.29, 0.717) is 6.04 Å². The average molecular weight is 260 g/mol. The van der Waals surface area contributed by atoms with Gasteiger partial charge in [-0.2, -0.15) is 0 Å². The van der Waals surface area contributed by atoms with Crippen LogP contribution in [0.2, 0.25) is 0 Å². The maximum Gasteiger partial charge on any atom is 0.0417 e. The first kappa shape index (κ1) is 13.2. The van der Waals surface area contributed by atoms with E-state index >= 15 is 0 Å². The minimum Gasteiger partial charge on any atom is -0.310 e. The summed E-state index contributed by atoms with van der Waals surface area (Å²) in [6, 6.07) is 9.13. The molecule has 2 aromatic rings. The quantitative estimate of drug-likeness (QED) is 0.856. The molecule has 0 fully saturated rings. The highest BCUT2D eigenvalue weighted by Gasteiger charge is 2.12. The van der Waals surface area contributed by atoms with Gasteiger partial charge in [0.15, 0.2) is 0 Å². The number of nitrogens with one attached hydrogen (secondary N) is 1. The summed E-state index contributed by atoms with van der Waals surface area (Å²) in [5.41, 5.74) is 1.36. The number of pyridine rings is 1. The van der Waals surface area contributed by atoms with E-state index in [-0.39, 0.29) is 0 Å². The summed E-state index contributed by atoms with van der Waals surface area (Å²) in [4.78, 5) is 6.89. The minimum absolute atomic E-state index is 0.474. The minimum atomic E-state index is 0.474. The molecule has 0 radical (unpaired) electrons. The van der Waals surface area contributed by atoms with Crippen LogP contribution in [-0.2, 0) is 6.42 Å². The van der Waals surface area contributed by atoms with E-state index in [1.54, 1.807) is 0 Å². The fourth-order valence-electron chi connectivity index (χ4n) is 2.09. The van der Waals surface area contributed by atoms with Crippen molar-refractivity contribution in [2.45, 2.75) is 32.7 Å². The Morgan fingerprint density at radius 3 is 2.61 bits per heavy atom. The van der Waals surface area contributed by atoms with Crippen LogP contribution in [0.3, 0.4) is 0 Å². The lowest BCUT2D eigenvalue weighted by atomic mass is 10.1. The molecule has 1 N–H and O–H groups in total. The number of hydrogen-bond acceptors (Lipinski definition) is 3. The summed E-state index contributed by atoms with van der Waals surface area (Å²) in [5.74, 6) is 0. The van der Waals surface area contributed by atoms with Crippen LogP contribution in [0.25, 0.3) is 0 Å². The van der Waals surface area contributed by atoms with Crippen molar-refractivity contribution in [1.29, 1.82) is 0 Å². The summed E-state index contributed by atoms with van der Waals surface area (Å²) in [6.45, 7) is 5.35. The third kappa shape index (κ3) is 3.65. The van der Waals surface area contributed by atoms with Crippen LogP contribution in [0.4, 0.5) is 0 Å². The second kappa shape index (κ2) is 6.66. The number of rotatable bonds is 6. The predicted octanol–water partition coefficient (Wildman–Crippen LogP) is 3.73. The number of thiophene rings is 1. The average Bonchev–Trinajstić information content (AvgIpc) is 2.82. The van der Waals surface area contributed by atoms with Gasteiger partial charge in [0, 0.05) is 28.2 Å². The first-order chi connectivity index (χ1) is 8.79. The highest BCUT2D eigenvalue weighted by molar-refractivity contribution is 7.12. The van der Waals surface area contributed by atoms with Crippen molar-refractivity contribution in [2.24, 2.45) is 0 Å². The second-order valence-electron chi connectivity index (χ2n) is 4.45. The molecular formula is C15H20N2S. The van der Waals surface area contributed by atoms with Crippen LogP contribution in [0.5, 0.6) is 0 Å². The Morgan fingerprint density at radius 1 is 1.22 bits per heavy atom. The smallest absolute Gasteiger partial charge is 0.0417 e. The number of aromatic nitrogens is 1. The Balaban J connectivity index is 1.98. The fourth-order valence-corrected chi connectivity index (χ4v) is 3.08. The van der Waals surface area contributed by atoms with Crippen molar-refractivity contribution < 1.29 is 0 Å². The van der Waals surface area contributed by atoms with Gasteiger partial charge in [-0.1, -0.05) is 6.92 Å². The van der Waals surface area contributed by atoms with Crippen molar-refractivity contribution >= 4 is 11.3 Å². The van der Waals surface area contributed by atoms with Gasteiger partial charge in [0.2, 0.25) is 0 Å². The molecule has 0 aliphatic heterocycles. The molecule has 0 aromatic carbocycles. The van der Waals surface area contributed by atoms with Gasteiger partial charge in [-0.3, -0.25) is 4.98 Å². The molecule has 0 aliphatic carbocycles. The summed E-state index contributed by atoms with van der Waals surface area (Å²) >= 11 is 1.90. The Labute approximate surface area is 113 Å². The molecule has 2 heterocycles. The molecule has 1 atom stereocenters. The van der Waals surface area contributed by atoms with Gasteiger partial charge >= 0.3 is 0 Å². The van der Waals surface area contributed by atoms with E-state index in [9.17, 15) is 0 Å². The van der Waals surface area contributed by atoms with Crippen LogP contribution in [0.1, 0.15) is 34.7 Å². The normalized spacial score (nSPS) is 12.6. The SMILES string of the molecule is CCNC(CCc1ccncc1)c1ccc(C)s1. The summed E-state index contributed by atoms with van der Waals surface area (Å²) in [5, 5.41) is 3.58. The zero-order valence-corrected chi connectivity index (χ0v) is 11.8. The molecule has 2 nitrogen and oxygen atoms in total. The van der Waals surface area contributed by atoms with Crippen molar-refractivity contribution in [3.05, 3.63) is 52.0 Å². The highest BCUT2D eigenvalue weighted by atomic mass is 32.1. The standard InChI is InChI=1S/C15H20N2S/c1-3-17-14(15-7-4-12(2)18-15)6-5-13-8-10-16-11-9-13/h4,7-11,14,17H,3,5-6H2,1-2H3. The Kier molecular flexibility index (Phi) is 4.90. The zero-order chi connectivity index (χ0) is 12.8. The lowest BCUT2D eigenvalue weighted by molar-refractivity contribution is 0.523. The van der Waals surface area contributed by atoms with E-state index in [1.807, 2.05) is 23.7 Å². The third-order valence-electron chi connectivity index (χ3n) is 3.03. The number of aryl methyl sites for hydroxylation is 2. The van der Waals surface area contributed by atoms with E-state index < -0.39 is 0 Å². The van der Waals surface area contributed by atoms with E-state index in [4.69, 9.17) is 0 Å². The van der Waals surface area contributed by atoms with Gasteiger partial charge in [-0.05, 0) is 56.1 Å². The van der Waals surface area contributed by atoms with Gasteiger partial charge in [-0.25, -0.2) is 0 Å². The predicted molar refractivity (Wildman–Crippen MR) is 78.0 cm³/mol. The van der Waals surface area contributed by atoms with Gasteiger partial charge < -0.3 is 5.32 Å². The second-order valence-corrected chi connectivity index (χ2v) is 5.77. The van der Waals surface area contributed by atoms with Gasteiger partial charge in [-0.15, -0.1) is 11.3 Å². The molecule has 96 valence electrons. The fraction of sp³-hybridized carbons (Fsp3) is 0.400. The molecule has 18 heavy (non-hydrogen) atoms. The number of hydrogen-bond donors (Lipinski definition) is 1. The molecule has 0 saturated carbocycles. The maximum atomic E-state index is 4.06. The monoisotopic (exact) mass is 260 g/mol. The van der Waals surface area contributed by atoms with Gasteiger partial charge in [0.05, 0.1) is 0 Å². The van der Waals surface area contributed by atoms with Crippen LogP contribution in [0, 0.1) is 6.92 Å². The van der Waals surface area contributed by atoms with Crippen LogP contribution >= 0.6 is 11.3 Å². The maximum absolute atomic E-state index is 4.06. The molecule has 0 aliphatic rings. The number of nitrogens with zero attached hydrogens (tertiary/aromatic N) is 1. The summed E-state index contributed by atoms with van der Waals surface area (Å²) in [7, 11) is 0. The largest absolute Gasteiger partial charge is 0.310 e. The Bertz CT molecular complexity index is 464. The van der Waals surface area contributed by atoms with Crippen LogP contribution < -0.4 is 5.32 Å². The van der Waals surface area contributed by atoms with Crippen molar-refractivity contribution in [3.8, 4) is 0 Å². The van der Waals surface area contributed by atoms with Crippen LogP contribution in [-0.4, -0.2) is 11.5 Å². The van der Waals surface area contributed by atoms with Crippen molar-refractivity contribution in [2.75, 3.05) is 6.54 Å². The zero-order valence-electron chi connectivity index (χ0n) is 11.0. The third-order valence-corrected chi connectivity index (χ3v) is 4.14. The molecule has 3 heteroatoms. The summed E-state index contributed by atoms with van der Waals surface area (Å²) in [6.07, 6.45) is 5.97. The van der Waals surface area contributed by atoms with E-state index in [2.05, 4.69) is 48.4 Å². The Morgan fingerprint density at radius 2 is 2.00 bits per heavy atom. The lowest BCUT2D eigenvalue weighted by Crippen LogP contribution is -2.20. The summed E-state index contributed by atoms with van der Waals surface area (Å²) < 4.78 is 0. The molecular weight excluding hydrogens is 240 g/mol. The first-order valence-corrected chi connectivity index (χ1v) is 7.30. The molecule has 2 rings (SSSR count). The van der Waals surface area contributed by atoms with Gasteiger partial charge in [0.1, 0.15) is 0 Å². The Hall–Kier alpha value is -1.19. The molecule has 0 saturated heterocycles. The molecule has 2 aromatic heterocycles. The topological polar surface area (TPSA) is 24.9 Å². The van der Waals surface area contributed by atoms with Crippen molar-refractivity contribution in [1.82, 2.24) is 10.3 Å². The van der Waals surface area contributed by atoms with Crippen LogP contribution in [0.15, 0.2) is 36.7 Å². The van der Waals surface area contributed by atoms with E-state index in [0.717, 1.165) is 19.4 Å². The van der Waals surface area contributed by atoms with E-state index in [1.165, 1.54) is 15.3 Å². The van der Waals surface area contributed by atoms with Gasteiger partial charge in [0.25, 0.3) is 0 Å². The molecule has 0 spiro atoms. The molecule has 0 bridgehead atoms.